The number of carbonyl (C=O) groups is 1. The highest BCUT2D eigenvalue weighted by molar-refractivity contribution is 7.99. The van der Waals surface area contributed by atoms with E-state index in [1.54, 1.807) is 11.8 Å². The SMILES string of the molecule is O=Cc1cccc(Cl)c1SCC1CCCC1. The number of hydrogen-bond donors (Lipinski definition) is 0. The van der Waals surface area contributed by atoms with Crippen molar-refractivity contribution < 1.29 is 4.79 Å². The monoisotopic (exact) mass is 254 g/mol. The molecule has 86 valence electrons. The average molecular weight is 255 g/mol. The lowest BCUT2D eigenvalue weighted by Gasteiger charge is -2.10. The molecule has 1 fully saturated rings. The van der Waals surface area contributed by atoms with E-state index < -0.39 is 0 Å². The second-order valence-electron chi connectivity index (χ2n) is 4.24. The maximum absolute atomic E-state index is 10.9. The van der Waals surface area contributed by atoms with Crippen molar-refractivity contribution in [2.75, 3.05) is 5.75 Å². The van der Waals surface area contributed by atoms with Crippen LogP contribution < -0.4 is 0 Å². The summed E-state index contributed by atoms with van der Waals surface area (Å²) in [6.45, 7) is 0. The third-order valence-electron chi connectivity index (χ3n) is 3.06. The van der Waals surface area contributed by atoms with Gasteiger partial charge in [-0.2, -0.15) is 0 Å². The van der Waals surface area contributed by atoms with E-state index in [4.69, 9.17) is 11.6 Å². The lowest BCUT2D eigenvalue weighted by molar-refractivity contribution is 0.112. The van der Waals surface area contributed by atoms with Crippen molar-refractivity contribution in [2.24, 2.45) is 5.92 Å². The summed E-state index contributed by atoms with van der Waals surface area (Å²) in [5, 5.41) is 0.701. The van der Waals surface area contributed by atoms with Gasteiger partial charge in [0.1, 0.15) is 0 Å². The van der Waals surface area contributed by atoms with Crippen molar-refractivity contribution in [3.05, 3.63) is 28.8 Å². The standard InChI is InChI=1S/C13H15ClOS/c14-12-7-3-6-11(8-15)13(12)16-9-10-4-1-2-5-10/h3,6-8,10H,1-2,4-5,9H2. The van der Waals surface area contributed by atoms with E-state index in [2.05, 4.69) is 0 Å². The van der Waals surface area contributed by atoms with E-state index in [9.17, 15) is 4.79 Å². The van der Waals surface area contributed by atoms with Crippen LogP contribution in [0.1, 0.15) is 36.0 Å². The third-order valence-corrected chi connectivity index (χ3v) is 4.87. The van der Waals surface area contributed by atoms with Gasteiger partial charge in [-0.1, -0.05) is 36.6 Å². The molecule has 3 heteroatoms. The second kappa shape index (κ2) is 5.74. The topological polar surface area (TPSA) is 17.1 Å². The first-order chi connectivity index (χ1) is 7.81. The molecule has 1 nitrogen and oxygen atoms in total. The van der Waals surface area contributed by atoms with Crippen molar-refractivity contribution in [1.29, 1.82) is 0 Å². The van der Waals surface area contributed by atoms with Gasteiger partial charge >= 0.3 is 0 Å². The molecule has 0 radical (unpaired) electrons. The van der Waals surface area contributed by atoms with Crippen LogP contribution in [0.2, 0.25) is 5.02 Å². The van der Waals surface area contributed by atoms with Crippen LogP contribution >= 0.6 is 23.4 Å². The molecule has 1 saturated carbocycles. The molecule has 0 aromatic heterocycles. The average Bonchev–Trinajstić information content (AvgIpc) is 2.80. The van der Waals surface area contributed by atoms with Crippen LogP contribution in [0.3, 0.4) is 0 Å². The van der Waals surface area contributed by atoms with Gasteiger partial charge in [-0.25, -0.2) is 0 Å². The van der Waals surface area contributed by atoms with Gasteiger partial charge in [-0.05, 0) is 24.8 Å². The molecule has 0 atom stereocenters. The Balaban J connectivity index is 2.04. The van der Waals surface area contributed by atoms with E-state index in [1.165, 1.54) is 25.7 Å². The minimum absolute atomic E-state index is 0.701. The van der Waals surface area contributed by atoms with Crippen LogP contribution in [0, 0.1) is 5.92 Å². The molecule has 0 bridgehead atoms. The summed E-state index contributed by atoms with van der Waals surface area (Å²) in [7, 11) is 0. The quantitative estimate of drug-likeness (QED) is 0.584. The summed E-state index contributed by atoms with van der Waals surface area (Å²) in [6.07, 6.45) is 6.26. The zero-order valence-electron chi connectivity index (χ0n) is 9.12. The highest BCUT2D eigenvalue weighted by Gasteiger charge is 2.16. The molecule has 0 unspecified atom stereocenters. The second-order valence-corrected chi connectivity index (χ2v) is 5.67. The molecular formula is C13H15ClOS. The Morgan fingerprint density at radius 3 is 2.81 bits per heavy atom. The van der Waals surface area contributed by atoms with E-state index in [0.717, 1.165) is 28.4 Å². The Kier molecular flexibility index (Phi) is 4.30. The number of benzene rings is 1. The highest BCUT2D eigenvalue weighted by atomic mass is 35.5. The van der Waals surface area contributed by atoms with Gasteiger partial charge in [-0.15, -0.1) is 11.8 Å². The maximum atomic E-state index is 10.9. The largest absolute Gasteiger partial charge is 0.298 e. The first-order valence-electron chi connectivity index (χ1n) is 5.67. The van der Waals surface area contributed by atoms with E-state index in [0.29, 0.717) is 5.02 Å². The Morgan fingerprint density at radius 1 is 1.38 bits per heavy atom. The van der Waals surface area contributed by atoms with E-state index >= 15 is 0 Å². The normalized spacial score (nSPS) is 16.6. The molecule has 1 aliphatic rings. The molecule has 2 rings (SSSR count). The molecular weight excluding hydrogens is 240 g/mol. The highest BCUT2D eigenvalue weighted by Crippen LogP contribution is 2.35. The predicted octanol–water partition coefficient (Wildman–Crippen LogP) is 4.43. The summed E-state index contributed by atoms with van der Waals surface area (Å²) < 4.78 is 0. The molecule has 0 amide bonds. The number of carbonyl (C=O) groups excluding carboxylic acids is 1. The zero-order valence-corrected chi connectivity index (χ0v) is 10.7. The number of hydrogen-bond acceptors (Lipinski definition) is 2. The van der Waals surface area contributed by atoms with Crippen molar-refractivity contribution >= 4 is 29.6 Å². The lowest BCUT2D eigenvalue weighted by atomic mass is 10.1. The molecule has 1 aromatic carbocycles. The fraction of sp³-hybridized carbons (Fsp3) is 0.462. The smallest absolute Gasteiger partial charge is 0.151 e. The zero-order chi connectivity index (χ0) is 11.4. The maximum Gasteiger partial charge on any atom is 0.151 e. The fourth-order valence-electron chi connectivity index (χ4n) is 2.15. The predicted molar refractivity (Wildman–Crippen MR) is 69.5 cm³/mol. The summed E-state index contributed by atoms with van der Waals surface area (Å²) in [5.41, 5.74) is 0.718. The Labute approximate surface area is 106 Å². The summed E-state index contributed by atoms with van der Waals surface area (Å²) in [5.74, 6) is 1.89. The van der Waals surface area contributed by atoms with Crippen LogP contribution in [-0.2, 0) is 0 Å². The molecule has 1 aromatic rings. The molecule has 1 aliphatic carbocycles. The van der Waals surface area contributed by atoms with E-state index in [-0.39, 0.29) is 0 Å². The molecule has 0 heterocycles. The van der Waals surface area contributed by atoms with Gasteiger partial charge < -0.3 is 0 Å². The third kappa shape index (κ3) is 2.80. The van der Waals surface area contributed by atoms with Gasteiger partial charge in [0.05, 0.1) is 5.02 Å². The summed E-state index contributed by atoms with van der Waals surface area (Å²) in [6, 6.07) is 5.51. The van der Waals surface area contributed by atoms with Crippen molar-refractivity contribution in [2.45, 2.75) is 30.6 Å². The summed E-state index contributed by atoms with van der Waals surface area (Å²) >= 11 is 7.85. The molecule has 0 saturated heterocycles. The number of aldehydes is 1. The van der Waals surface area contributed by atoms with Crippen molar-refractivity contribution in [1.82, 2.24) is 0 Å². The van der Waals surface area contributed by atoms with E-state index in [1.807, 2.05) is 18.2 Å². The Morgan fingerprint density at radius 2 is 2.12 bits per heavy atom. The van der Waals surface area contributed by atoms with Gasteiger partial charge in [-0.3, -0.25) is 4.79 Å². The Hall–Kier alpha value is -0.470. The minimum Gasteiger partial charge on any atom is -0.298 e. The lowest BCUT2D eigenvalue weighted by Crippen LogP contribution is -1.97. The summed E-state index contributed by atoms with van der Waals surface area (Å²) in [4.78, 5) is 11.9. The first-order valence-corrected chi connectivity index (χ1v) is 7.04. The van der Waals surface area contributed by atoms with Crippen molar-refractivity contribution in [3.63, 3.8) is 0 Å². The van der Waals surface area contributed by atoms with Gasteiger partial charge in [0.2, 0.25) is 0 Å². The minimum atomic E-state index is 0.701. The Bertz CT molecular complexity index is 372. The molecule has 0 N–H and O–H groups in total. The molecule has 0 spiro atoms. The van der Waals surface area contributed by atoms with Crippen LogP contribution in [0.4, 0.5) is 0 Å². The number of halogens is 1. The fourth-order valence-corrected chi connectivity index (χ4v) is 3.72. The molecule has 0 aliphatic heterocycles. The number of thioether (sulfide) groups is 1. The van der Waals surface area contributed by atoms with Crippen LogP contribution in [0.25, 0.3) is 0 Å². The van der Waals surface area contributed by atoms with Gasteiger partial charge in [0, 0.05) is 16.2 Å². The van der Waals surface area contributed by atoms with Crippen LogP contribution in [0.5, 0.6) is 0 Å². The number of rotatable bonds is 4. The van der Waals surface area contributed by atoms with Gasteiger partial charge in [0.25, 0.3) is 0 Å². The first kappa shape index (κ1) is 12.0. The van der Waals surface area contributed by atoms with Crippen LogP contribution in [-0.4, -0.2) is 12.0 Å². The molecule has 16 heavy (non-hydrogen) atoms. The van der Waals surface area contributed by atoms with Crippen LogP contribution in [0.15, 0.2) is 23.1 Å². The van der Waals surface area contributed by atoms with Gasteiger partial charge in [0.15, 0.2) is 6.29 Å². The van der Waals surface area contributed by atoms with Crippen molar-refractivity contribution in [3.8, 4) is 0 Å².